The largest absolute Gasteiger partial charge is 0.369 e. The highest BCUT2D eigenvalue weighted by atomic mass is 16.5. The van der Waals surface area contributed by atoms with Crippen LogP contribution in [0.5, 0.6) is 0 Å². The second-order valence-corrected chi connectivity index (χ2v) is 2.66. The molecular weight excluding hydrogens is 152 g/mol. The first-order valence-electron chi connectivity index (χ1n) is 4.57. The van der Waals surface area contributed by atoms with Crippen LogP contribution < -0.4 is 5.32 Å². The first-order valence-corrected chi connectivity index (χ1v) is 4.07. The highest BCUT2D eigenvalue weighted by Gasteiger charge is 2.15. The molecule has 12 heavy (non-hydrogen) atoms. The van der Waals surface area contributed by atoms with E-state index in [-0.39, 0.29) is 0 Å². The predicted octanol–water partition coefficient (Wildman–Crippen LogP) is 0.742. The van der Waals surface area contributed by atoms with Gasteiger partial charge in [0.15, 0.2) is 0 Å². The van der Waals surface area contributed by atoms with Crippen molar-refractivity contribution in [2.45, 2.75) is 6.08 Å². The number of ether oxygens (including phenoxy) is 1. The monoisotopic (exact) mass is 165 g/mol. The van der Waals surface area contributed by atoms with Crippen molar-refractivity contribution in [2.75, 3.05) is 19.7 Å². The summed E-state index contributed by atoms with van der Waals surface area (Å²) >= 11 is 0. The van der Waals surface area contributed by atoms with Crippen LogP contribution in [0.3, 0.4) is 0 Å². The third-order valence-corrected chi connectivity index (χ3v) is 1.79. The lowest BCUT2D eigenvalue weighted by atomic mass is 10.2. The number of nitrogens with one attached hydrogen (secondary N) is 1. The number of morpholine rings is 1. The molecule has 0 saturated carbocycles. The Morgan fingerprint density at radius 2 is 2.67 bits per heavy atom. The Hall–Kier alpha value is -0.930. The molecule has 2 rings (SSSR count). The van der Waals surface area contributed by atoms with Crippen molar-refractivity contribution in [1.82, 2.24) is 10.3 Å². The third-order valence-electron chi connectivity index (χ3n) is 1.79. The summed E-state index contributed by atoms with van der Waals surface area (Å²) in [6.07, 6.45) is 0.684. The Balaban J connectivity index is 2.23. The number of pyridine rings is 1. The van der Waals surface area contributed by atoms with E-state index in [1.807, 2.05) is 18.2 Å². The topological polar surface area (TPSA) is 34.2 Å². The average molecular weight is 165 g/mol. The van der Waals surface area contributed by atoms with Crippen LogP contribution in [0, 0.1) is 0 Å². The van der Waals surface area contributed by atoms with Crippen molar-refractivity contribution in [3.05, 3.63) is 30.1 Å². The van der Waals surface area contributed by atoms with Crippen molar-refractivity contribution in [1.29, 1.82) is 0 Å². The minimum atomic E-state index is -1.00. The summed E-state index contributed by atoms with van der Waals surface area (Å²) in [6, 6.07) is 5.53. The minimum Gasteiger partial charge on any atom is -0.369 e. The van der Waals surface area contributed by atoms with Crippen molar-refractivity contribution in [3.8, 4) is 0 Å². The molecule has 3 nitrogen and oxygen atoms in total. The molecule has 2 heterocycles. The number of hydrogen-bond donors (Lipinski definition) is 1. The molecule has 1 N–H and O–H groups in total. The zero-order chi connectivity index (χ0) is 9.15. The quantitative estimate of drug-likeness (QED) is 0.666. The summed E-state index contributed by atoms with van der Waals surface area (Å²) in [6.45, 7) is 1.89. The zero-order valence-corrected chi connectivity index (χ0v) is 6.79. The number of hydrogen-bond acceptors (Lipinski definition) is 3. The van der Waals surface area contributed by atoms with Gasteiger partial charge in [0.2, 0.25) is 0 Å². The van der Waals surface area contributed by atoms with Gasteiger partial charge in [-0.15, -0.1) is 0 Å². The molecule has 1 aromatic rings. The fourth-order valence-electron chi connectivity index (χ4n) is 1.19. The third kappa shape index (κ3) is 1.62. The highest BCUT2D eigenvalue weighted by Crippen LogP contribution is 2.14. The predicted molar refractivity (Wildman–Crippen MR) is 45.8 cm³/mol. The molecule has 0 spiro atoms. The molecule has 1 aromatic heterocycles. The molecule has 0 amide bonds. The van der Waals surface area contributed by atoms with Crippen molar-refractivity contribution < 1.29 is 6.11 Å². The van der Waals surface area contributed by atoms with Gasteiger partial charge in [0, 0.05) is 19.3 Å². The summed E-state index contributed by atoms with van der Waals surface area (Å²) in [5.41, 5.74) is 0.669. The van der Waals surface area contributed by atoms with Gasteiger partial charge in [0.05, 0.1) is 13.7 Å². The van der Waals surface area contributed by atoms with E-state index in [0.29, 0.717) is 18.8 Å². The molecule has 1 fully saturated rings. The molecule has 0 unspecified atom stereocenters. The van der Waals surface area contributed by atoms with Gasteiger partial charge in [0.25, 0.3) is 0 Å². The van der Waals surface area contributed by atoms with E-state index in [1.54, 1.807) is 6.20 Å². The van der Waals surface area contributed by atoms with E-state index in [4.69, 9.17) is 6.11 Å². The molecule has 0 radical (unpaired) electrons. The average Bonchev–Trinajstić information content (AvgIpc) is 2.20. The first kappa shape index (κ1) is 6.57. The van der Waals surface area contributed by atoms with Crippen LogP contribution in [0.25, 0.3) is 0 Å². The molecule has 1 atom stereocenters. The number of aromatic nitrogens is 1. The summed E-state index contributed by atoms with van der Waals surface area (Å²) in [5, 5.41) is 3.12. The molecule has 1 aliphatic heterocycles. The highest BCUT2D eigenvalue weighted by molar-refractivity contribution is 5.07. The van der Waals surface area contributed by atoms with Gasteiger partial charge >= 0.3 is 0 Å². The van der Waals surface area contributed by atoms with Gasteiger partial charge in [-0.3, -0.25) is 4.98 Å². The Labute approximate surface area is 73.2 Å². The van der Waals surface area contributed by atoms with Crippen molar-refractivity contribution >= 4 is 0 Å². The number of nitrogens with zero attached hydrogens (tertiary/aromatic N) is 1. The molecule has 3 heteroatoms. The second-order valence-electron chi connectivity index (χ2n) is 2.66. The fourth-order valence-corrected chi connectivity index (χ4v) is 1.19. The maximum absolute atomic E-state index is 8.01. The van der Waals surface area contributed by atoms with Crippen molar-refractivity contribution in [2.24, 2.45) is 0 Å². The van der Waals surface area contributed by atoms with E-state index in [1.165, 1.54) is 0 Å². The normalized spacial score (nSPS) is 31.2. The van der Waals surface area contributed by atoms with Crippen LogP contribution >= 0.6 is 0 Å². The van der Waals surface area contributed by atoms with Crippen LogP contribution in [-0.2, 0) is 4.74 Å². The second kappa shape index (κ2) is 3.65. The molecule has 1 saturated heterocycles. The first-order chi connectivity index (χ1) is 6.31. The van der Waals surface area contributed by atoms with Gasteiger partial charge in [-0.25, -0.2) is 0 Å². The van der Waals surface area contributed by atoms with Gasteiger partial charge in [-0.2, -0.15) is 0 Å². The molecule has 0 aromatic carbocycles. The molecule has 0 aliphatic carbocycles. The SMILES string of the molecule is [2H][C@@]1(c2ccccn2)CNCCO1. The van der Waals surface area contributed by atoms with Gasteiger partial charge < -0.3 is 10.1 Å². The minimum absolute atomic E-state index is 0.504. The van der Waals surface area contributed by atoms with Crippen LogP contribution in [0.4, 0.5) is 0 Å². The maximum Gasteiger partial charge on any atom is 0.112 e. The van der Waals surface area contributed by atoms with Gasteiger partial charge in [0.1, 0.15) is 6.08 Å². The van der Waals surface area contributed by atoms with Gasteiger partial charge in [-0.1, -0.05) is 6.07 Å². The summed E-state index contributed by atoms with van der Waals surface area (Å²) in [7, 11) is 0. The number of rotatable bonds is 1. The van der Waals surface area contributed by atoms with Crippen LogP contribution in [0.2, 0.25) is 0 Å². The maximum atomic E-state index is 8.01. The van der Waals surface area contributed by atoms with E-state index >= 15 is 0 Å². The van der Waals surface area contributed by atoms with Crippen molar-refractivity contribution in [3.63, 3.8) is 0 Å². The van der Waals surface area contributed by atoms with Gasteiger partial charge in [-0.05, 0) is 12.1 Å². The summed E-state index contributed by atoms with van der Waals surface area (Å²) < 4.78 is 13.4. The molecule has 64 valence electrons. The molecule has 0 bridgehead atoms. The van der Waals surface area contributed by atoms with Crippen LogP contribution in [-0.4, -0.2) is 24.7 Å². The zero-order valence-electron chi connectivity index (χ0n) is 7.79. The Bertz CT molecular complexity index is 272. The molecular formula is C9H12N2O. The van der Waals surface area contributed by atoms with E-state index in [9.17, 15) is 0 Å². The Kier molecular flexibility index (Phi) is 2.00. The fraction of sp³-hybridized carbons (Fsp3) is 0.444. The van der Waals surface area contributed by atoms with Crippen LogP contribution in [0.15, 0.2) is 24.4 Å². The smallest absolute Gasteiger partial charge is 0.112 e. The molecule has 1 aliphatic rings. The lowest BCUT2D eigenvalue weighted by Crippen LogP contribution is -2.33. The Morgan fingerprint density at radius 1 is 1.67 bits per heavy atom. The van der Waals surface area contributed by atoms with E-state index < -0.39 is 6.08 Å². The lowest BCUT2D eigenvalue weighted by molar-refractivity contribution is 0.0250. The standard InChI is InChI=1S/C9H12N2O/c1-2-4-11-8(3-1)9-7-10-5-6-12-9/h1-4,9-10H,5-7H2/t9-/m0/s1/i9D. The van der Waals surface area contributed by atoms with E-state index in [2.05, 4.69) is 10.3 Å². The van der Waals surface area contributed by atoms with E-state index in [0.717, 1.165) is 6.54 Å². The Morgan fingerprint density at radius 3 is 3.33 bits per heavy atom. The lowest BCUT2D eigenvalue weighted by Gasteiger charge is -2.22. The summed E-state index contributed by atoms with van der Waals surface area (Å²) in [4.78, 5) is 4.12. The van der Waals surface area contributed by atoms with Crippen LogP contribution in [0.1, 0.15) is 13.1 Å². The summed E-state index contributed by atoms with van der Waals surface area (Å²) in [5.74, 6) is 0.